The standard InChI is InChI=1S/C11H16O.C6H7.ClH.Ti/c1-8-5-9(11(2,3)4)7-10(12)6-8;1-6-4-2-3-5-6;;/h5-7,12H,1-4H3;2,4H,3H2,1H3;1H;/q;-1;;. The molecule has 2 rings (SSSR count). The summed E-state index contributed by atoms with van der Waals surface area (Å²) < 4.78 is 0. The van der Waals surface area contributed by atoms with Gasteiger partial charge in [0, 0.05) is 21.7 Å². The molecule has 0 aliphatic heterocycles. The summed E-state index contributed by atoms with van der Waals surface area (Å²) in [5.74, 6) is 0.361. The zero-order valence-electron chi connectivity index (χ0n) is 12.9. The van der Waals surface area contributed by atoms with Gasteiger partial charge in [0.1, 0.15) is 5.75 Å². The number of aryl methyl sites for hydroxylation is 1. The molecule has 110 valence electrons. The molecule has 0 saturated carbocycles. The Morgan fingerprint density at radius 3 is 2.00 bits per heavy atom. The molecule has 0 unspecified atom stereocenters. The summed E-state index contributed by atoms with van der Waals surface area (Å²) in [7, 11) is 0. The van der Waals surface area contributed by atoms with E-state index >= 15 is 0 Å². The summed E-state index contributed by atoms with van der Waals surface area (Å²) in [5.41, 5.74) is 3.68. The zero-order chi connectivity index (χ0) is 13.8. The minimum absolute atomic E-state index is 0. The average molecular weight is 328 g/mol. The second-order valence-electron chi connectivity index (χ2n) is 5.77. The molecule has 0 spiro atoms. The fourth-order valence-corrected chi connectivity index (χ4v) is 1.71. The van der Waals surface area contributed by atoms with E-state index in [1.54, 1.807) is 6.07 Å². The molecule has 0 amide bonds. The van der Waals surface area contributed by atoms with Crippen LogP contribution in [0.2, 0.25) is 0 Å². The zero-order valence-corrected chi connectivity index (χ0v) is 15.3. The number of aromatic hydroxyl groups is 1. The van der Waals surface area contributed by atoms with E-state index in [4.69, 9.17) is 0 Å². The molecule has 20 heavy (non-hydrogen) atoms. The van der Waals surface area contributed by atoms with Crippen LogP contribution in [-0.4, -0.2) is 5.11 Å². The Morgan fingerprint density at radius 1 is 1.10 bits per heavy atom. The van der Waals surface area contributed by atoms with Crippen molar-refractivity contribution in [3.63, 3.8) is 0 Å². The minimum atomic E-state index is 0. The van der Waals surface area contributed by atoms with Crippen molar-refractivity contribution in [2.75, 3.05) is 0 Å². The van der Waals surface area contributed by atoms with Crippen molar-refractivity contribution in [1.29, 1.82) is 0 Å². The predicted molar refractivity (Wildman–Crippen MR) is 85.0 cm³/mol. The largest absolute Gasteiger partial charge is 0.508 e. The maximum atomic E-state index is 9.36. The molecule has 1 aliphatic carbocycles. The molecule has 0 saturated heterocycles. The summed E-state index contributed by atoms with van der Waals surface area (Å²) in [6, 6.07) is 5.71. The van der Waals surface area contributed by atoms with Gasteiger partial charge < -0.3 is 5.11 Å². The fourth-order valence-electron chi connectivity index (χ4n) is 1.71. The van der Waals surface area contributed by atoms with Crippen LogP contribution in [0.5, 0.6) is 5.75 Å². The third-order valence-corrected chi connectivity index (χ3v) is 2.79. The molecule has 0 heterocycles. The Balaban J connectivity index is 0. The Labute approximate surface area is 144 Å². The smallest absolute Gasteiger partial charge is 0.116 e. The van der Waals surface area contributed by atoms with Gasteiger partial charge in [-0.3, -0.25) is 6.08 Å². The van der Waals surface area contributed by atoms with Crippen LogP contribution >= 0.6 is 12.4 Å². The number of hydrogen-bond acceptors (Lipinski definition) is 1. The third kappa shape index (κ3) is 7.94. The first kappa shape index (κ1) is 21.8. The predicted octanol–water partition coefficient (Wildman–Crippen LogP) is 5.11. The van der Waals surface area contributed by atoms with E-state index in [0.717, 1.165) is 12.0 Å². The summed E-state index contributed by atoms with van der Waals surface area (Å²) >= 11 is 0. The van der Waals surface area contributed by atoms with Gasteiger partial charge in [-0.25, -0.2) is 11.6 Å². The van der Waals surface area contributed by atoms with Gasteiger partial charge in [0.2, 0.25) is 0 Å². The van der Waals surface area contributed by atoms with Crippen LogP contribution < -0.4 is 0 Å². The van der Waals surface area contributed by atoms with Gasteiger partial charge in [-0.05, 0) is 35.6 Å². The summed E-state index contributed by atoms with van der Waals surface area (Å²) in [6.45, 7) is 10.5. The fraction of sp³-hybridized carbons (Fsp3) is 0.412. The van der Waals surface area contributed by atoms with Crippen molar-refractivity contribution in [3.05, 3.63) is 53.1 Å². The van der Waals surface area contributed by atoms with E-state index in [2.05, 4.69) is 52.0 Å². The SMILES string of the molecule is CC1=[C-]CC=C1.Cc1cc(O)cc(C(C)(C)C)c1.Cl.[Ti]. The van der Waals surface area contributed by atoms with Crippen molar-refractivity contribution in [3.8, 4) is 5.75 Å². The molecule has 1 nitrogen and oxygen atoms in total. The quantitative estimate of drug-likeness (QED) is 0.518. The number of hydrogen-bond donors (Lipinski definition) is 1. The van der Waals surface area contributed by atoms with Crippen molar-refractivity contribution in [1.82, 2.24) is 0 Å². The first-order valence-electron chi connectivity index (χ1n) is 6.34. The number of allylic oxidation sites excluding steroid dienone is 4. The van der Waals surface area contributed by atoms with E-state index in [1.165, 1.54) is 11.1 Å². The van der Waals surface area contributed by atoms with Crippen molar-refractivity contribution in [2.24, 2.45) is 0 Å². The van der Waals surface area contributed by atoms with E-state index in [1.807, 2.05) is 13.0 Å². The van der Waals surface area contributed by atoms with Gasteiger partial charge in [0.05, 0.1) is 0 Å². The van der Waals surface area contributed by atoms with Gasteiger partial charge in [-0.2, -0.15) is 6.08 Å². The van der Waals surface area contributed by atoms with Gasteiger partial charge in [-0.15, -0.1) is 18.8 Å². The molecule has 3 heteroatoms. The molecular weight excluding hydrogens is 304 g/mol. The molecule has 1 aliphatic rings. The van der Waals surface area contributed by atoms with E-state index in [0.29, 0.717) is 5.75 Å². The van der Waals surface area contributed by atoms with Crippen LogP contribution in [0.15, 0.2) is 35.9 Å². The normalized spacial score (nSPS) is 12.6. The van der Waals surface area contributed by atoms with Gasteiger partial charge in [-0.1, -0.05) is 33.8 Å². The number of rotatable bonds is 0. The maximum Gasteiger partial charge on any atom is 0.116 e. The van der Waals surface area contributed by atoms with E-state index < -0.39 is 0 Å². The molecular formula is C17H24ClOTi-. The van der Waals surface area contributed by atoms with Crippen molar-refractivity contribution in [2.45, 2.75) is 46.5 Å². The van der Waals surface area contributed by atoms with Crippen molar-refractivity contribution < 1.29 is 26.8 Å². The number of phenols is 1. The third-order valence-electron chi connectivity index (χ3n) is 2.79. The first-order chi connectivity index (χ1) is 8.29. The number of phenolic OH excluding ortho intramolecular Hbond substituents is 1. The van der Waals surface area contributed by atoms with Crippen molar-refractivity contribution >= 4 is 12.4 Å². The Hall–Kier alpha value is -0.496. The van der Waals surface area contributed by atoms with Crippen LogP contribution in [0, 0.1) is 13.0 Å². The van der Waals surface area contributed by atoms with Crippen LogP contribution in [0.3, 0.4) is 0 Å². The molecule has 1 aromatic rings. The monoisotopic (exact) mass is 327 g/mol. The number of halogens is 1. The topological polar surface area (TPSA) is 20.2 Å². The Bertz CT molecular complexity index is 447. The molecule has 1 aromatic carbocycles. The first-order valence-corrected chi connectivity index (χ1v) is 6.34. The Kier molecular flexibility index (Phi) is 10.3. The van der Waals surface area contributed by atoms with Crippen LogP contribution in [-0.2, 0) is 27.1 Å². The second-order valence-corrected chi connectivity index (χ2v) is 5.77. The molecule has 1 N–H and O–H groups in total. The molecule has 0 atom stereocenters. The molecule has 0 bridgehead atoms. The van der Waals surface area contributed by atoms with Crippen LogP contribution in [0.25, 0.3) is 0 Å². The second kappa shape index (κ2) is 9.44. The maximum absolute atomic E-state index is 9.36. The summed E-state index contributed by atoms with van der Waals surface area (Å²) in [4.78, 5) is 0. The average Bonchev–Trinajstić information content (AvgIpc) is 2.67. The van der Waals surface area contributed by atoms with Gasteiger partial charge >= 0.3 is 0 Å². The summed E-state index contributed by atoms with van der Waals surface area (Å²) in [6.07, 6.45) is 8.33. The molecule has 0 fully saturated rings. The minimum Gasteiger partial charge on any atom is -0.508 e. The number of benzene rings is 1. The Morgan fingerprint density at radius 2 is 1.70 bits per heavy atom. The molecule has 0 aromatic heterocycles. The summed E-state index contributed by atoms with van der Waals surface area (Å²) in [5, 5.41) is 9.36. The van der Waals surface area contributed by atoms with Gasteiger partial charge in [0.25, 0.3) is 0 Å². The van der Waals surface area contributed by atoms with Crippen LogP contribution in [0.4, 0.5) is 0 Å². The van der Waals surface area contributed by atoms with Crippen LogP contribution in [0.1, 0.15) is 45.2 Å². The van der Waals surface area contributed by atoms with E-state index in [9.17, 15) is 5.11 Å². The molecule has 0 radical (unpaired) electrons. The van der Waals surface area contributed by atoms with E-state index in [-0.39, 0.29) is 39.5 Å². The van der Waals surface area contributed by atoms with Gasteiger partial charge in [0.15, 0.2) is 0 Å².